The van der Waals surface area contributed by atoms with Gasteiger partial charge in [-0.15, -0.1) is 0 Å². The molecule has 0 spiro atoms. The summed E-state index contributed by atoms with van der Waals surface area (Å²) in [5.41, 5.74) is 9.26. The Bertz CT molecular complexity index is 2210. The van der Waals surface area contributed by atoms with E-state index in [1.54, 1.807) is 0 Å². The Morgan fingerprint density at radius 3 is 1.40 bits per heavy atom. The summed E-state index contributed by atoms with van der Waals surface area (Å²) in [4.78, 5) is 0. The van der Waals surface area contributed by atoms with Crippen LogP contribution in [0.3, 0.4) is 0 Å². The molecule has 0 aliphatic carbocycles. The number of hydrogen-bond donors (Lipinski definition) is 0. The Morgan fingerprint density at radius 1 is 0.558 bits per heavy atom. The third-order valence-corrected chi connectivity index (χ3v) is 14.7. The largest absolute Gasteiger partial charge is 0.455 e. The maximum atomic E-state index is 7.50. The highest BCUT2D eigenvalue weighted by molar-refractivity contribution is 7.60. The quantitative estimate of drug-likeness (QED) is 0.167. The second kappa shape index (κ2) is 11.9. The van der Waals surface area contributed by atoms with Crippen LogP contribution in [0.4, 0.5) is 0 Å². The molecule has 0 radical (unpaired) electrons. The minimum absolute atomic E-state index is 0.0905. The van der Waals surface area contributed by atoms with Gasteiger partial charge in [-0.05, 0) is 70.5 Å². The van der Waals surface area contributed by atoms with Gasteiger partial charge in [0.2, 0.25) is 16.6 Å². The average molecular weight is 725 g/mol. The van der Waals surface area contributed by atoms with Crippen molar-refractivity contribution in [2.24, 2.45) is 0 Å². The van der Waals surface area contributed by atoms with Gasteiger partial charge in [-0.2, -0.15) is 0 Å². The molecule has 264 valence electrons. The average Bonchev–Trinajstić information content (AvgIpc) is 3.68. The van der Waals surface area contributed by atoms with E-state index in [1.165, 1.54) is 44.8 Å². The summed E-state index contributed by atoms with van der Waals surface area (Å²) in [6.07, 6.45) is 6.00. The zero-order valence-electron chi connectivity index (χ0n) is 31.3. The molecule has 0 N–H and O–H groups in total. The number of rotatable bonds is 2. The molecule has 6 aromatic rings. The fourth-order valence-corrected chi connectivity index (χ4v) is 11.6. The summed E-state index contributed by atoms with van der Waals surface area (Å²) < 4.78 is 26.5. The molecule has 2 atom stereocenters. The topological polar surface area (TPSA) is 37.5 Å². The second-order valence-corrected chi connectivity index (χ2v) is 20.2. The first kappa shape index (κ1) is 33.5. The van der Waals surface area contributed by atoms with Gasteiger partial charge in [-0.3, -0.25) is 8.68 Å². The molecule has 0 saturated carbocycles. The molecule has 2 unspecified atom stereocenters. The predicted octanol–water partition coefficient (Wildman–Crippen LogP) is 11.3. The molecule has 0 saturated heterocycles. The van der Waals surface area contributed by atoms with E-state index in [-0.39, 0.29) is 16.2 Å². The van der Waals surface area contributed by atoms with Crippen molar-refractivity contribution in [1.29, 1.82) is 0 Å². The van der Waals surface area contributed by atoms with Crippen molar-refractivity contribution in [3.8, 4) is 23.0 Å². The van der Waals surface area contributed by atoms with E-state index >= 15 is 0 Å². The number of nitrogens with zero attached hydrogens (tertiary/aromatic N) is 2. The maximum Gasteiger partial charge on any atom is 0.233 e. The predicted molar refractivity (Wildman–Crippen MR) is 215 cm³/mol. The van der Waals surface area contributed by atoms with Gasteiger partial charge in [-0.1, -0.05) is 104 Å². The highest BCUT2D eigenvalue weighted by atomic mass is 31.2. The third-order valence-electron chi connectivity index (χ3n) is 10.9. The van der Waals surface area contributed by atoms with Crippen molar-refractivity contribution in [3.05, 3.63) is 154 Å². The molecule has 0 amide bonds. The lowest BCUT2D eigenvalue weighted by atomic mass is 9.72. The van der Waals surface area contributed by atoms with Crippen LogP contribution in [0, 0.1) is 0 Å². The van der Waals surface area contributed by atoms with Gasteiger partial charge in [0.15, 0.2) is 0 Å². The summed E-state index contributed by atoms with van der Waals surface area (Å²) in [5.74, 6) is 3.68. The Kier molecular flexibility index (Phi) is 7.64. The fraction of sp³-hybridized carbons (Fsp3) is 0.289. The van der Waals surface area contributed by atoms with Crippen LogP contribution in [-0.4, -0.2) is 8.68 Å². The van der Waals surface area contributed by atoms with Gasteiger partial charge in [0.1, 0.15) is 23.0 Å². The van der Waals surface area contributed by atoms with Gasteiger partial charge in [0.25, 0.3) is 0 Å². The number of hydrogen-bond acceptors (Lipinski definition) is 3. The van der Waals surface area contributed by atoms with Crippen LogP contribution in [0.25, 0.3) is 0 Å². The van der Waals surface area contributed by atoms with Crippen LogP contribution in [0.15, 0.2) is 109 Å². The summed E-state index contributed by atoms with van der Waals surface area (Å²) in [6, 6.07) is 35.2. The fourth-order valence-electron chi connectivity index (χ4n) is 7.69. The number of ether oxygens (including phenoxy) is 1. The number of aromatic nitrogens is 2. The Hall–Kier alpha value is -4.30. The Morgan fingerprint density at radius 2 is 0.981 bits per heavy atom. The molecule has 7 heteroatoms. The molecule has 0 bridgehead atoms. The number of para-hydroxylation sites is 2. The highest BCUT2D eigenvalue weighted by Gasteiger charge is 2.43. The van der Waals surface area contributed by atoms with Crippen LogP contribution in [0.5, 0.6) is 23.0 Å². The van der Waals surface area contributed by atoms with Crippen LogP contribution in [-0.2, 0) is 29.1 Å². The normalized spacial score (nSPS) is 18.5. The lowest BCUT2D eigenvalue weighted by Gasteiger charge is -2.40. The van der Waals surface area contributed by atoms with E-state index in [9.17, 15) is 0 Å². The molecule has 4 aromatic carbocycles. The Labute approximate surface area is 310 Å². The molecule has 9 rings (SSSR count). The van der Waals surface area contributed by atoms with E-state index < -0.39 is 16.6 Å². The Balaban J connectivity index is 1.30. The molecule has 2 aromatic heterocycles. The lowest BCUT2D eigenvalue weighted by molar-refractivity contribution is 0.420. The van der Waals surface area contributed by atoms with E-state index in [0.29, 0.717) is 0 Å². The van der Waals surface area contributed by atoms with Crippen LogP contribution in [0.1, 0.15) is 100 Å². The summed E-state index contributed by atoms with van der Waals surface area (Å²) in [7, 11) is -2.66. The van der Waals surface area contributed by atoms with E-state index in [0.717, 1.165) is 46.4 Å². The first-order chi connectivity index (χ1) is 24.8. The number of benzene rings is 4. The molecular formula is C45H46N2O3P2. The summed E-state index contributed by atoms with van der Waals surface area (Å²) in [5, 5.41) is 2.19. The summed E-state index contributed by atoms with van der Waals surface area (Å²) >= 11 is 0. The van der Waals surface area contributed by atoms with Crippen molar-refractivity contribution in [2.45, 2.75) is 84.5 Å². The van der Waals surface area contributed by atoms with E-state index in [2.05, 4.69) is 174 Å². The molecule has 0 fully saturated rings. The van der Waals surface area contributed by atoms with Crippen LogP contribution < -0.4 is 24.4 Å². The standard InChI is InChI=1S/C45H46N2O3P2/c1-43(2,3)31-25-35-41(39(27-31)51-46-21-13-17-33(46)23-29-15-9-11-19-37(29)49-51)48-42-36(45(35,7)8)26-32(44(4,5)6)28-40(42)52-47-22-14-18-34(47)24-30-16-10-12-20-38(30)50-52/h9-22,25-28H,23-24H2,1-8H3. The van der Waals surface area contributed by atoms with Crippen LogP contribution >= 0.6 is 16.6 Å². The first-order valence-corrected chi connectivity index (χ1v) is 20.7. The smallest absolute Gasteiger partial charge is 0.233 e. The molecular weight excluding hydrogens is 678 g/mol. The van der Waals surface area contributed by atoms with Crippen molar-refractivity contribution < 1.29 is 13.8 Å². The molecule has 52 heavy (non-hydrogen) atoms. The minimum atomic E-state index is -1.33. The van der Waals surface area contributed by atoms with Gasteiger partial charge < -0.3 is 13.8 Å². The third kappa shape index (κ3) is 5.43. The van der Waals surface area contributed by atoms with Crippen molar-refractivity contribution in [1.82, 2.24) is 8.68 Å². The zero-order chi connectivity index (χ0) is 36.2. The lowest BCUT2D eigenvalue weighted by Crippen LogP contribution is -2.33. The molecule has 5 heterocycles. The van der Waals surface area contributed by atoms with Crippen molar-refractivity contribution in [3.63, 3.8) is 0 Å². The van der Waals surface area contributed by atoms with E-state index in [4.69, 9.17) is 13.8 Å². The van der Waals surface area contributed by atoms with E-state index in [1.807, 2.05) is 0 Å². The first-order valence-electron chi connectivity index (χ1n) is 18.3. The van der Waals surface area contributed by atoms with Crippen molar-refractivity contribution in [2.75, 3.05) is 0 Å². The highest BCUT2D eigenvalue weighted by Crippen LogP contribution is 2.57. The monoisotopic (exact) mass is 724 g/mol. The van der Waals surface area contributed by atoms with Gasteiger partial charge in [0.05, 0.1) is 10.6 Å². The van der Waals surface area contributed by atoms with Gasteiger partial charge in [0, 0.05) is 64.3 Å². The van der Waals surface area contributed by atoms with Gasteiger partial charge >= 0.3 is 0 Å². The van der Waals surface area contributed by atoms with Crippen LogP contribution in [0.2, 0.25) is 0 Å². The second-order valence-electron chi connectivity index (χ2n) is 17.0. The minimum Gasteiger partial charge on any atom is -0.455 e. The number of fused-ring (bicyclic) bond motifs is 6. The maximum absolute atomic E-state index is 7.50. The van der Waals surface area contributed by atoms with Crippen molar-refractivity contribution >= 4 is 27.2 Å². The zero-order valence-corrected chi connectivity index (χ0v) is 33.1. The summed E-state index contributed by atoms with van der Waals surface area (Å²) in [6.45, 7) is 18.5. The molecule has 5 nitrogen and oxygen atoms in total. The SMILES string of the molecule is CC(C)(C)c1cc(P2Oc3ccccc3Cc3cccn32)c2c(c1)C(C)(C)c1cc(C(C)(C)C)cc(P3Oc4ccccc4Cc4cccn43)c1O2. The molecule has 3 aliphatic heterocycles. The van der Waals surface area contributed by atoms with Gasteiger partial charge in [-0.25, -0.2) is 0 Å². The molecule has 3 aliphatic rings.